The number of hydrogen-bond donors (Lipinski definition) is 1. The van der Waals surface area contributed by atoms with Gasteiger partial charge >= 0.3 is 6.18 Å². The van der Waals surface area contributed by atoms with Crippen molar-refractivity contribution in [2.75, 3.05) is 31.7 Å². The van der Waals surface area contributed by atoms with E-state index in [9.17, 15) is 22.8 Å². The van der Waals surface area contributed by atoms with Crippen LogP contribution in [-0.4, -0.2) is 64.3 Å². The lowest BCUT2D eigenvalue weighted by molar-refractivity contribution is -0.138. The van der Waals surface area contributed by atoms with Gasteiger partial charge in [0.05, 0.1) is 30.2 Å². The SMILES string of the molecule is CC#CC(=O)N1CC[C@@H](CNCc2cc3c(c(C(F)(F)F)c2)CN(c2cccc(C4(c5nncn5C)CC(C)C4)c2)C3=O)[C@H]1COC. The Bertz CT molecular complexity index is 1740. The minimum Gasteiger partial charge on any atom is -0.383 e. The Morgan fingerprint density at radius 1 is 1.21 bits per heavy atom. The Morgan fingerprint density at radius 2 is 2.00 bits per heavy atom. The highest BCUT2D eigenvalue weighted by Gasteiger charge is 2.48. The molecule has 2 amide bonds. The first-order chi connectivity index (χ1) is 22.5. The van der Waals surface area contributed by atoms with E-state index >= 15 is 0 Å². The number of nitrogens with one attached hydrogen (secondary N) is 1. The van der Waals surface area contributed by atoms with E-state index in [2.05, 4.69) is 34.3 Å². The zero-order valence-corrected chi connectivity index (χ0v) is 27.0. The van der Waals surface area contributed by atoms with Crippen LogP contribution in [0.15, 0.2) is 42.7 Å². The Balaban J connectivity index is 1.23. The van der Waals surface area contributed by atoms with Gasteiger partial charge in [0.25, 0.3) is 11.8 Å². The third-order valence-corrected chi connectivity index (χ3v) is 9.90. The molecule has 0 radical (unpaired) electrons. The maximum absolute atomic E-state index is 14.4. The smallest absolute Gasteiger partial charge is 0.383 e. The molecule has 3 aromatic rings. The van der Waals surface area contributed by atoms with E-state index in [0.29, 0.717) is 36.9 Å². The van der Waals surface area contributed by atoms with Crippen LogP contribution in [0.5, 0.6) is 0 Å². The number of methoxy groups -OCH3 is 1. The second kappa shape index (κ2) is 12.8. The summed E-state index contributed by atoms with van der Waals surface area (Å²) in [5.74, 6) is 5.86. The van der Waals surface area contributed by atoms with Crippen LogP contribution in [0.3, 0.4) is 0 Å². The van der Waals surface area contributed by atoms with Crippen LogP contribution in [0, 0.1) is 23.7 Å². The van der Waals surface area contributed by atoms with E-state index in [-0.39, 0.29) is 47.5 Å². The predicted octanol–water partition coefficient (Wildman–Crippen LogP) is 4.69. The molecule has 47 heavy (non-hydrogen) atoms. The molecular weight excluding hydrogens is 609 g/mol. The maximum Gasteiger partial charge on any atom is 0.416 e. The molecule has 3 heterocycles. The van der Waals surface area contributed by atoms with Gasteiger partial charge in [-0.1, -0.05) is 25.0 Å². The quantitative estimate of drug-likeness (QED) is 0.339. The van der Waals surface area contributed by atoms with Crippen LogP contribution in [0.4, 0.5) is 18.9 Å². The van der Waals surface area contributed by atoms with Crippen LogP contribution in [-0.2, 0) is 41.3 Å². The summed E-state index contributed by atoms with van der Waals surface area (Å²) in [7, 11) is 3.47. The van der Waals surface area contributed by atoms with Crippen LogP contribution in [0.25, 0.3) is 0 Å². The number of benzene rings is 2. The minimum atomic E-state index is -4.63. The second-order valence-corrected chi connectivity index (χ2v) is 13.0. The van der Waals surface area contributed by atoms with Gasteiger partial charge in [-0.2, -0.15) is 13.2 Å². The molecule has 9 nitrogen and oxygen atoms in total. The third-order valence-electron chi connectivity index (χ3n) is 9.90. The number of fused-ring (bicyclic) bond motifs is 1. The summed E-state index contributed by atoms with van der Waals surface area (Å²) in [6, 6.07) is 10.1. The van der Waals surface area contributed by atoms with Gasteiger partial charge in [0.1, 0.15) is 12.2 Å². The first kappa shape index (κ1) is 32.7. The van der Waals surface area contributed by atoms with Gasteiger partial charge in [0.2, 0.25) is 0 Å². The number of likely N-dealkylation sites (tertiary alicyclic amines) is 1. The number of halogens is 3. The zero-order chi connectivity index (χ0) is 33.5. The topological polar surface area (TPSA) is 92.6 Å². The fraction of sp³-hybridized carbons (Fsp3) is 0.486. The van der Waals surface area contributed by atoms with Crippen molar-refractivity contribution in [2.24, 2.45) is 18.9 Å². The number of carbonyl (C=O) groups excluding carboxylic acids is 2. The van der Waals surface area contributed by atoms with Gasteiger partial charge in [-0.15, -0.1) is 10.2 Å². The molecule has 1 saturated carbocycles. The number of aromatic nitrogens is 3. The van der Waals surface area contributed by atoms with Gasteiger partial charge < -0.3 is 24.4 Å². The van der Waals surface area contributed by atoms with Crippen LogP contribution < -0.4 is 10.2 Å². The lowest BCUT2D eigenvalue weighted by Gasteiger charge is -2.46. The summed E-state index contributed by atoms with van der Waals surface area (Å²) < 4.78 is 50.6. The number of amides is 2. The molecule has 0 unspecified atom stereocenters. The lowest BCUT2D eigenvalue weighted by Crippen LogP contribution is -2.43. The van der Waals surface area contributed by atoms with E-state index in [4.69, 9.17) is 4.74 Å². The molecule has 2 aromatic carbocycles. The number of carbonyl (C=O) groups is 2. The molecular formula is C35H39F3N6O3. The highest BCUT2D eigenvalue weighted by molar-refractivity contribution is 6.10. The number of nitrogens with zero attached hydrogens (tertiary/aromatic N) is 5. The molecule has 12 heteroatoms. The number of anilines is 1. The molecule has 0 spiro atoms. The highest BCUT2D eigenvalue weighted by atomic mass is 19.4. The van der Waals surface area contributed by atoms with E-state index in [1.807, 2.05) is 29.8 Å². The molecule has 1 N–H and O–H groups in total. The standard InChI is InChI=1S/C35H39F3N6O3/c1-5-7-31(45)43-11-10-24(30(43)20-47-4)18-39-17-23-12-27-28(29(13-23)35(36,37)38)19-44(32(27)46)26-9-6-8-25(14-26)34(15-22(2)16-34)33-41-40-21-42(33)3/h6,8-9,12-14,21-22,24,30,39H,10-11,15-20H2,1-4H3/t22?,24-,30+,34?/m0/s1. The first-order valence-electron chi connectivity index (χ1n) is 15.9. The lowest BCUT2D eigenvalue weighted by atomic mass is 9.58. The summed E-state index contributed by atoms with van der Waals surface area (Å²) in [5.41, 5.74) is 0.770. The molecule has 2 atom stereocenters. The molecule has 3 aliphatic rings. The van der Waals surface area contributed by atoms with Crippen molar-refractivity contribution in [2.45, 2.75) is 63.8 Å². The summed E-state index contributed by atoms with van der Waals surface area (Å²) in [5, 5.41) is 11.8. The highest BCUT2D eigenvalue weighted by Crippen LogP contribution is 2.52. The van der Waals surface area contributed by atoms with Crippen molar-refractivity contribution >= 4 is 17.5 Å². The first-order valence-corrected chi connectivity index (χ1v) is 15.9. The van der Waals surface area contributed by atoms with E-state index in [0.717, 1.165) is 36.7 Å². The molecule has 1 saturated heterocycles. The Kier molecular flexibility index (Phi) is 8.89. The molecule has 2 fully saturated rings. The largest absolute Gasteiger partial charge is 0.416 e. The predicted molar refractivity (Wildman–Crippen MR) is 169 cm³/mol. The Labute approximate surface area is 272 Å². The molecule has 1 aliphatic carbocycles. The molecule has 0 bridgehead atoms. The summed E-state index contributed by atoms with van der Waals surface area (Å²) >= 11 is 0. The zero-order valence-electron chi connectivity index (χ0n) is 27.0. The van der Waals surface area contributed by atoms with Crippen molar-refractivity contribution in [3.8, 4) is 11.8 Å². The molecule has 1 aromatic heterocycles. The van der Waals surface area contributed by atoms with Crippen molar-refractivity contribution in [3.05, 3.63) is 76.4 Å². The van der Waals surface area contributed by atoms with E-state index < -0.39 is 17.6 Å². The molecule has 248 valence electrons. The van der Waals surface area contributed by atoms with Gasteiger partial charge in [0, 0.05) is 45.0 Å². The van der Waals surface area contributed by atoms with E-state index in [1.165, 1.54) is 4.90 Å². The van der Waals surface area contributed by atoms with E-state index in [1.54, 1.807) is 37.4 Å². The van der Waals surface area contributed by atoms with Crippen molar-refractivity contribution in [1.82, 2.24) is 25.0 Å². The number of aryl methyl sites for hydroxylation is 1. The van der Waals surface area contributed by atoms with Crippen LogP contribution in [0.1, 0.15) is 71.5 Å². The Hall–Kier alpha value is -4.21. The second-order valence-electron chi connectivity index (χ2n) is 13.0. The summed E-state index contributed by atoms with van der Waals surface area (Å²) in [6.45, 7) is 5.09. The summed E-state index contributed by atoms with van der Waals surface area (Å²) in [4.78, 5) is 29.4. The number of ether oxygens (including phenoxy) is 1. The Morgan fingerprint density at radius 3 is 2.66 bits per heavy atom. The molecule has 2 aliphatic heterocycles. The van der Waals surface area contributed by atoms with Gasteiger partial charge in [-0.05, 0) is 84.9 Å². The van der Waals surface area contributed by atoms with Gasteiger partial charge in [-0.3, -0.25) is 9.59 Å². The van der Waals surface area contributed by atoms with Crippen LogP contribution >= 0.6 is 0 Å². The average Bonchev–Trinajstić information content (AvgIpc) is 3.72. The van der Waals surface area contributed by atoms with Crippen LogP contribution in [0.2, 0.25) is 0 Å². The fourth-order valence-corrected chi connectivity index (χ4v) is 7.78. The maximum atomic E-state index is 14.4. The summed E-state index contributed by atoms with van der Waals surface area (Å²) in [6.07, 6.45) is -0.523. The number of alkyl halides is 3. The molecule has 6 rings (SSSR count). The third kappa shape index (κ3) is 6.03. The van der Waals surface area contributed by atoms with Crippen molar-refractivity contribution in [1.29, 1.82) is 0 Å². The number of hydrogen-bond acceptors (Lipinski definition) is 6. The minimum absolute atomic E-state index is 0.0147. The van der Waals surface area contributed by atoms with Gasteiger partial charge in [0.15, 0.2) is 0 Å². The number of rotatable bonds is 9. The normalized spacial score (nSPS) is 23.8. The monoisotopic (exact) mass is 648 g/mol. The van der Waals surface area contributed by atoms with Crippen molar-refractivity contribution in [3.63, 3.8) is 0 Å². The van der Waals surface area contributed by atoms with Crippen molar-refractivity contribution < 1.29 is 27.5 Å². The average molecular weight is 649 g/mol. The van der Waals surface area contributed by atoms with Gasteiger partial charge in [-0.25, -0.2) is 0 Å². The fourth-order valence-electron chi connectivity index (χ4n) is 7.78.